The number of likely N-dealkylation sites (tertiary alicyclic amines) is 1. The molecule has 4 heteroatoms. The quantitative estimate of drug-likeness (QED) is 0.230. The molecule has 1 fully saturated rings. The van der Waals surface area contributed by atoms with Gasteiger partial charge in [0.05, 0.1) is 5.56 Å². The lowest BCUT2D eigenvalue weighted by atomic mass is 9.79. The maximum absolute atomic E-state index is 14.9. The topological polar surface area (TPSA) is 3.24 Å². The van der Waals surface area contributed by atoms with Gasteiger partial charge in [0.1, 0.15) is 0 Å². The Bertz CT molecular complexity index is 1410. The number of piperidine rings is 1. The van der Waals surface area contributed by atoms with Crippen molar-refractivity contribution in [3.05, 3.63) is 107 Å². The lowest BCUT2D eigenvalue weighted by Gasteiger charge is -2.35. The zero-order chi connectivity index (χ0) is 27.6. The van der Waals surface area contributed by atoms with E-state index in [9.17, 15) is 13.2 Å². The van der Waals surface area contributed by atoms with Crippen LogP contribution in [0.3, 0.4) is 0 Å². The van der Waals surface area contributed by atoms with Gasteiger partial charge in [0.2, 0.25) is 0 Å². The molecule has 1 aliphatic heterocycles. The van der Waals surface area contributed by atoms with Gasteiger partial charge in [-0.15, -0.1) is 0 Å². The number of hydrogen-bond acceptors (Lipinski definition) is 1. The number of halogens is 3. The maximum atomic E-state index is 14.9. The molecule has 0 aliphatic carbocycles. The van der Waals surface area contributed by atoms with Crippen LogP contribution in [0.15, 0.2) is 84.9 Å². The Kier molecular flexibility index (Phi) is 8.13. The Morgan fingerprint density at radius 3 is 2.26 bits per heavy atom. The predicted octanol–water partition coefficient (Wildman–Crippen LogP) is 10.1. The number of alkyl halides is 3. The van der Waals surface area contributed by atoms with Gasteiger partial charge in [0, 0.05) is 13.1 Å². The summed E-state index contributed by atoms with van der Waals surface area (Å²) in [5, 5.41) is 2.40. The van der Waals surface area contributed by atoms with Crippen molar-refractivity contribution in [2.45, 2.75) is 64.6 Å². The number of fused-ring (bicyclic) bond motifs is 1. The monoisotopic (exact) mass is 529 g/mol. The summed E-state index contributed by atoms with van der Waals surface area (Å²) < 4.78 is 44.6. The Labute approximate surface area is 230 Å². The van der Waals surface area contributed by atoms with E-state index in [1.165, 1.54) is 16.3 Å². The molecule has 39 heavy (non-hydrogen) atoms. The van der Waals surface area contributed by atoms with Crippen molar-refractivity contribution in [2.75, 3.05) is 13.1 Å². The van der Waals surface area contributed by atoms with Gasteiger partial charge >= 0.3 is 6.18 Å². The van der Waals surface area contributed by atoms with Crippen LogP contribution in [0, 0.1) is 5.92 Å². The third kappa shape index (κ3) is 6.38. The molecule has 1 nitrogen and oxygen atoms in total. The van der Waals surface area contributed by atoms with E-state index in [0.29, 0.717) is 23.6 Å². The normalized spacial score (nSPS) is 17.6. The van der Waals surface area contributed by atoms with E-state index >= 15 is 0 Å². The van der Waals surface area contributed by atoms with Crippen LogP contribution >= 0.6 is 0 Å². The van der Waals surface area contributed by atoms with Gasteiger partial charge in [-0.1, -0.05) is 99.6 Å². The van der Waals surface area contributed by atoms with Crippen LogP contribution in [0.25, 0.3) is 21.9 Å². The molecule has 1 aliphatic rings. The molecule has 1 heterocycles. The van der Waals surface area contributed by atoms with Crippen molar-refractivity contribution in [1.29, 1.82) is 0 Å². The summed E-state index contributed by atoms with van der Waals surface area (Å²) in [5.74, 6) is -0.0251. The number of nitrogens with zero attached hydrogens (tertiary/aromatic N) is 1. The van der Waals surface area contributed by atoms with E-state index in [2.05, 4.69) is 49.1 Å². The summed E-state index contributed by atoms with van der Waals surface area (Å²) in [4.78, 5) is 2.34. The molecule has 2 atom stereocenters. The first-order valence-corrected chi connectivity index (χ1v) is 14.2. The average Bonchev–Trinajstić information content (AvgIpc) is 2.92. The molecule has 0 spiro atoms. The number of rotatable bonds is 7. The van der Waals surface area contributed by atoms with Crippen molar-refractivity contribution < 1.29 is 13.2 Å². The molecule has 0 N–H and O–H groups in total. The van der Waals surface area contributed by atoms with Gasteiger partial charge in [-0.25, -0.2) is 0 Å². The van der Waals surface area contributed by atoms with Crippen molar-refractivity contribution in [3.8, 4) is 11.1 Å². The largest absolute Gasteiger partial charge is 0.416 e. The lowest BCUT2D eigenvalue weighted by molar-refractivity contribution is -0.139. The minimum Gasteiger partial charge on any atom is -0.298 e. The molecule has 2 unspecified atom stereocenters. The fourth-order valence-corrected chi connectivity index (χ4v) is 6.41. The third-order valence-corrected chi connectivity index (χ3v) is 8.11. The predicted molar refractivity (Wildman–Crippen MR) is 156 cm³/mol. The van der Waals surface area contributed by atoms with E-state index in [1.807, 2.05) is 61.5 Å². The highest BCUT2D eigenvalue weighted by atomic mass is 19.4. The molecule has 1 saturated heterocycles. The highest BCUT2D eigenvalue weighted by Crippen LogP contribution is 2.45. The maximum Gasteiger partial charge on any atom is 0.416 e. The summed E-state index contributed by atoms with van der Waals surface area (Å²) in [7, 11) is 0. The fraction of sp³-hybridized carbons (Fsp3) is 0.371. The third-order valence-electron chi connectivity index (χ3n) is 8.11. The van der Waals surface area contributed by atoms with Crippen molar-refractivity contribution >= 4 is 10.8 Å². The summed E-state index contributed by atoms with van der Waals surface area (Å²) in [5.41, 5.74) is 3.57. The van der Waals surface area contributed by atoms with Crippen LogP contribution in [-0.2, 0) is 12.7 Å². The van der Waals surface area contributed by atoms with Gasteiger partial charge in [-0.3, -0.25) is 4.90 Å². The van der Waals surface area contributed by atoms with Gasteiger partial charge in [0.15, 0.2) is 0 Å². The Balaban J connectivity index is 1.53. The molecule has 4 aromatic carbocycles. The molecular weight excluding hydrogens is 491 g/mol. The van der Waals surface area contributed by atoms with Crippen molar-refractivity contribution in [2.24, 2.45) is 5.92 Å². The van der Waals surface area contributed by atoms with Gasteiger partial charge in [-0.2, -0.15) is 13.2 Å². The van der Waals surface area contributed by atoms with Crippen molar-refractivity contribution in [3.63, 3.8) is 0 Å². The Morgan fingerprint density at radius 1 is 0.821 bits per heavy atom. The van der Waals surface area contributed by atoms with Gasteiger partial charge in [0.25, 0.3) is 0 Å². The second kappa shape index (κ2) is 11.6. The molecule has 0 radical (unpaired) electrons. The first-order chi connectivity index (χ1) is 18.7. The summed E-state index contributed by atoms with van der Waals surface area (Å²) >= 11 is 0. The molecule has 0 amide bonds. The summed E-state index contributed by atoms with van der Waals surface area (Å²) in [6.07, 6.45) is -2.01. The molecule has 204 valence electrons. The molecule has 5 rings (SSSR count). The Morgan fingerprint density at radius 2 is 1.54 bits per heavy atom. The second-order valence-electron chi connectivity index (χ2n) is 11.7. The molecule has 0 saturated carbocycles. The minimum absolute atomic E-state index is 0.163. The Hall–Kier alpha value is -3.11. The molecule has 0 aromatic heterocycles. The first kappa shape index (κ1) is 27.5. The van der Waals surface area contributed by atoms with Crippen LogP contribution < -0.4 is 0 Å². The molecule has 0 bridgehead atoms. The molecule has 4 aromatic rings. The zero-order valence-corrected chi connectivity index (χ0v) is 23.1. The standard InChI is InChI=1S/C35H38F3N/c1-24(2)18-25(3)32-20-31(27-10-5-4-6-11-27)21-33(34(32)35(36,37)38)30-14-9-17-39(23-30)22-26-15-16-28-12-7-8-13-29(28)19-26/h4-8,10-13,15-16,19-21,24-25,30H,9,14,17-18,22-23H2,1-3H3. The highest BCUT2D eigenvalue weighted by molar-refractivity contribution is 5.83. The average molecular weight is 530 g/mol. The van der Waals surface area contributed by atoms with Crippen LogP contribution in [0.5, 0.6) is 0 Å². The van der Waals surface area contributed by atoms with E-state index < -0.39 is 11.7 Å². The smallest absolute Gasteiger partial charge is 0.298 e. The second-order valence-corrected chi connectivity index (χ2v) is 11.7. The van der Waals surface area contributed by atoms with Gasteiger partial charge < -0.3 is 0 Å². The van der Waals surface area contributed by atoms with Crippen LogP contribution in [-0.4, -0.2) is 18.0 Å². The fourth-order valence-electron chi connectivity index (χ4n) is 6.41. The number of benzene rings is 4. The SMILES string of the molecule is CC(C)CC(C)c1cc(-c2ccccc2)cc(C2CCCN(Cc3ccc4ccccc4c3)C2)c1C(F)(F)F. The first-order valence-electron chi connectivity index (χ1n) is 14.2. The summed E-state index contributed by atoms with van der Waals surface area (Å²) in [6.45, 7) is 8.40. The van der Waals surface area contributed by atoms with Crippen molar-refractivity contribution in [1.82, 2.24) is 4.90 Å². The van der Waals surface area contributed by atoms with E-state index in [4.69, 9.17) is 0 Å². The van der Waals surface area contributed by atoms with Crippen LogP contribution in [0.2, 0.25) is 0 Å². The summed E-state index contributed by atoms with van der Waals surface area (Å²) in [6, 6.07) is 28.3. The van der Waals surface area contributed by atoms with E-state index in [0.717, 1.165) is 43.5 Å². The number of hydrogen-bond donors (Lipinski definition) is 0. The molecular formula is C35H38F3N. The van der Waals surface area contributed by atoms with E-state index in [-0.39, 0.29) is 11.8 Å². The van der Waals surface area contributed by atoms with E-state index in [1.54, 1.807) is 0 Å². The van der Waals surface area contributed by atoms with Crippen LogP contribution in [0.1, 0.15) is 74.1 Å². The van der Waals surface area contributed by atoms with Crippen LogP contribution in [0.4, 0.5) is 13.2 Å². The highest BCUT2D eigenvalue weighted by Gasteiger charge is 2.40. The lowest BCUT2D eigenvalue weighted by Crippen LogP contribution is -2.35. The van der Waals surface area contributed by atoms with Gasteiger partial charge in [-0.05, 0) is 88.2 Å². The zero-order valence-electron chi connectivity index (χ0n) is 23.1. The minimum atomic E-state index is -4.40.